The molecule has 1 saturated carbocycles. The van der Waals surface area contributed by atoms with E-state index in [0.717, 1.165) is 36.0 Å². The molecule has 0 bridgehead atoms. The highest BCUT2D eigenvalue weighted by Crippen LogP contribution is 2.40. The summed E-state index contributed by atoms with van der Waals surface area (Å²) in [5.41, 5.74) is 1.82. The van der Waals surface area contributed by atoms with Gasteiger partial charge in [0.25, 0.3) is 0 Å². The topological polar surface area (TPSA) is 105 Å². The van der Waals surface area contributed by atoms with Gasteiger partial charge in [0.15, 0.2) is 0 Å². The van der Waals surface area contributed by atoms with E-state index in [9.17, 15) is 0 Å². The first kappa shape index (κ1) is 16.3. The number of aliphatic hydroxyl groups is 1. The molecule has 4 rings (SSSR count). The van der Waals surface area contributed by atoms with Crippen LogP contribution in [0.2, 0.25) is 0 Å². The first-order chi connectivity index (χ1) is 12.3. The van der Waals surface area contributed by atoms with Crippen LogP contribution in [0, 0.1) is 0 Å². The fourth-order valence-electron chi connectivity index (χ4n) is 2.93. The van der Waals surface area contributed by atoms with Gasteiger partial charge < -0.3 is 25.0 Å². The largest absolute Gasteiger partial charge is 0.395 e. The molecule has 134 valence electrons. The molecule has 2 fully saturated rings. The Morgan fingerprint density at radius 3 is 2.80 bits per heavy atom. The maximum Gasteiger partial charge on any atom is 0.224 e. The second-order valence-electron chi connectivity index (χ2n) is 6.56. The van der Waals surface area contributed by atoms with E-state index in [1.807, 2.05) is 12.1 Å². The average molecular weight is 345 g/mol. The van der Waals surface area contributed by atoms with Crippen molar-refractivity contribution < 1.29 is 14.4 Å². The third-order valence-corrected chi connectivity index (χ3v) is 4.50. The van der Waals surface area contributed by atoms with Crippen LogP contribution in [0.4, 0.5) is 11.8 Å². The summed E-state index contributed by atoms with van der Waals surface area (Å²) in [5, 5.41) is 19.5. The van der Waals surface area contributed by atoms with Crippen molar-refractivity contribution in [2.24, 2.45) is 0 Å². The first-order valence-corrected chi connectivity index (χ1v) is 8.82. The lowest BCUT2D eigenvalue weighted by Gasteiger charge is -2.13. The van der Waals surface area contributed by atoms with Gasteiger partial charge in [-0.2, -0.15) is 4.98 Å². The zero-order valence-corrected chi connectivity index (χ0v) is 14.1. The standard InChI is InChI=1S/C17H23N5O3/c23-5-4-18-17-20-14(12-3-6-24-10-12)8-16(21-17)19-9-13-7-15(25-22-13)11-1-2-11/h7-8,11-12,23H,1-6,9-10H2,(H2,18,19,20,21)/t12-/m1/s1. The number of nitrogens with one attached hydrogen (secondary N) is 2. The zero-order chi connectivity index (χ0) is 17.1. The van der Waals surface area contributed by atoms with Crippen molar-refractivity contribution in [2.45, 2.75) is 37.6 Å². The summed E-state index contributed by atoms with van der Waals surface area (Å²) in [4.78, 5) is 9.02. The van der Waals surface area contributed by atoms with Crippen molar-refractivity contribution in [1.82, 2.24) is 15.1 Å². The second-order valence-corrected chi connectivity index (χ2v) is 6.56. The van der Waals surface area contributed by atoms with Crippen LogP contribution in [-0.2, 0) is 11.3 Å². The summed E-state index contributed by atoms with van der Waals surface area (Å²) in [6.45, 7) is 2.45. The van der Waals surface area contributed by atoms with Gasteiger partial charge in [-0.15, -0.1) is 0 Å². The van der Waals surface area contributed by atoms with E-state index in [1.54, 1.807) is 0 Å². The summed E-state index contributed by atoms with van der Waals surface area (Å²) in [6, 6.07) is 3.98. The molecule has 3 heterocycles. The van der Waals surface area contributed by atoms with Crippen molar-refractivity contribution in [3.63, 3.8) is 0 Å². The summed E-state index contributed by atoms with van der Waals surface area (Å²) in [7, 11) is 0. The number of hydrogen-bond acceptors (Lipinski definition) is 8. The number of ether oxygens (including phenoxy) is 1. The number of nitrogens with zero attached hydrogens (tertiary/aromatic N) is 3. The van der Waals surface area contributed by atoms with E-state index < -0.39 is 0 Å². The fourth-order valence-corrected chi connectivity index (χ4v) is 2.93. The maximum absolute atomic E-state index is 9.01. The van der Waals surface area contributed by atoms with E-state index in [-0.39, 0.29) is 12.5 Å². The predicted molar refractivity (Wildman–Crippen MR) is 91.6 cm³/mol. The molecule has 2 aromatic heterocycles. The minimum absolute atomic E-state index is 0.0335. The molecule has 2 aliphatic rings. The number of aliphatic hydroxyl groups excluding tert-OH is 1. The molecule has 2 aromatic rings. The quantitative estimate of drug-likeness (QED) is 0.666. The van der Waals surface area contributed by atoms with E-state index in [1.165, 1.54) is 12.8 Å². The Morgan fingerprint density at radius 2 is 2.04 bits per heavy atom. The number of aromatic nitrogens is 3. The van der Waals surface area contributed by atoms with E-state index >= 15 is 0 Å². The Morgan fingerprint density at radius 1 is 1.12 bits per heavy atom. The summed E-state index contributed by atoms with van der Waals surface area (Å²) < 4.78 is 10.8. The van der Waals surface area contributed by atoms with Crippen molar-refractivity contribution >= 4 is 11.8 Å². The van der Waals surface area contributed by atoms with Gasteiger partial charge in [0.05, 0.1) is 25.5 Å². The van der Waals surface area contributed by atoms with Gasteiger partial charge >= 0.3 is 0 Å². The summed E-state index contributed by atoms with van der Waals surface area (Å²) >= 11 is 0. The number of rotatable bonds is 8. The summed E-state index contributed by atoms with van der Waals surface area (Å²) in [5.74, 6) is 3.07. The van der Waals surface area contributed by atoms with E-state index in [0.29, 0.717) is 31.6 Å². The highest BCUT2D eigenvalue weighted by Gasteiger charge is 2.27. The zero-order valence-electron chi connectivity index (χ0n) is 14.1. The van der Waals surface area contributed by atoms with Crippen LogP contribution in [0.5, 0.6) is 0 Å². The predicted octanol–water partition coefficient (Wildman–Crippen LogP) is 1.86. The van der Waals surface area contributed by atoms with Crippen molar-refractivity contribution in [1.29, 1.82) is 0 Å². The van der Waals surface area contributed by atoms with Crippen molar-refractivity contribution in [3.8, 4) is 0 Å². The number of anilines is 2. The molecular formula is C17H23N5O3. The lowest BCUT2D eigenvalue weighted by molar-refractivity contribution is 0.193. The molecule has 1 atom stereocenters. The SMILES string of the molecule is OCCNc1nc(NCc2cc(C3CC3)on2)cc([C@@H]2CCOC2)n1. The molecule has 8 nitrogen and oxygen atoms in total. The van der Waals surface area contributed by atoms with Crippen molar-refractivity contribution in [2.75, 3.05) is 37.0 Å². The lowest BCUT2D eigenvalue weighted by Crippen LogP contribution is -2.13. The molecule has 1 aliphatic heterocycles. The maximum atomic E-state index is 9.01. The Labute approximate surface area is 146 Å². The van der Waals surface area contributed by atoms with E-state index in [2.05, 4.69) is 25.8 Å². The molecule has 0 radical (unpaired) electrons. The van der Waals surface area contributed by atoms with Crippen LogP contribution >= 0.6 is 0 Å². The van der Waals surface area contributed by atoms with Crippen molar-refractivity contribution in [3.05, 3.63) is 29.3 Å². The number of hydrogen-bond donors (Lipinski definition) is 3. The lowest BCUT2D eigenvalue weighted by atomic mass is 10.0. The normalized spacial score (nSPS) is 20.0. The third-order valence-electron chi connectivity index (χ3n) is 4.50. The third kappa shape index (κ3) is 4.08. The second kappa shape index (κ2) is 7.37. The molecule has 0 unspecified atom stereocenters. The molecule has 1 saturated heterocycles. The van der Waals surface area contributed by atoms with Crippen LogP contribution in [0.1, 0.15) is 48.2 Å². The van der Waals surface area contributed by atoms with Crippen LogP contribution in [0.3, 0.4) is 0 Å². The Kier molecular flexibility index (Phi) is 4.80. The van der Waals surface area contributed by atoms with Gasteiger partial charge in [0.1, 0.15) is 17.3 Å². The smallest absolute Gasteiger partial charge is 0.224 e. The van der Waals surface area contributed by atoms with Gasteiger partial charge in [0.2, 0.25) is 5.95 Å². The highest BCUT2D eigenvalue weighted by molar-refractivity contribution is 5.43. The Bertz CT molecular complexity index is 710. The van der Waals surface area contributed by atoms with Gasteiger partial charge in [-0.3, -0.25) is 0 Å². The summed E-state index contributed by atoms with van der Waals surface area (Å²) in [6.07, 6.45) is 3.35. The fraction of sp³-hybridized carbons (Fsp3) is 0.588. The monoisotopic (exact) mass is 345 g/mol. The average Bonchev–Trinajstić information content (AvgIpc) is 3.14. The van der Waals surface area contributed by atoms with Gasteiger partial charge in [-0.05, 0) is 19.3 Å². The van der Waals surface area contributed by atoms with E-state index in [4.69, 9.17) is 14.4 Å². The Balaban J connectivity index is 1.46. The van der Waals surface area contributed by atoms with Gasteiger partial charge in [0, 0.05) is 37.1 Å². The minimum atomic E-state index is 0.0335. The molecule has 0 spiro atoms. The minimum Gasteiger partial charge on any atom is -0.395 e. The molecule has 0 aromatic carbocycles. The van der Waals surface area contributed by atoms with Gasteiger partial charge in [-0.1, -0.05) is 5.16 Å². The van der Waals surface area contributed by atoms with Crippen LogP contribution in [-0.4, -0.2) is 46.6 Å². The first-order valence-electron chi connectivity index (χ1n) is 8.82. The molecule has 0 amide bonds. The Hall–Kier alpha value is -2.19. The molecule has 8 heteroatoms. The van der Waals surface area contributed by atoms with Crippen LogP contribution < -0.4 is 10.6 Å². The van der Waals surface area contributed by atoms with Crippen LogP contribution in [0.15, 0.2) is 16.7 Å². The van der Waals surface area contributed by atoms with Crippen LogP contribution in [0.25, 0.3) is 0 Å². The molecular weight excluding hydrogens is 322 g/mol. The highest BCUT2D eigenvalue weighted by atomic mass is 16.5. The van der Waals surface area contributed by atoms with Gasteiger partial charge in [-0.25, -0.2) is 4.98 Å². The molecule has 1 aliphatic carbocycles. The molecule has 25 heavy (non-hydrogen) atoms. The molecule has 3 N–H and O–H groups in total.